The van der Waals surface area contributed by atoms with Crippen LogP contribution in [0.4, 0.5) is 0 Å². The van der Waals surface area contributed by atoms with Crippen LogP contribution in [0.5, 0.6) is 0 Å². The smallest absolute Gasteiger partial charge is 0.160 e. The van der Waals surface area contributed by atoms with Gasteiger partial charge in [-0.25, -0.2) is 15.0 Å². The standard InChI is InChI=1S/C53H35N3/c1-4-14-36(15-5-1)37-28-32-42(33-29-37)53-55-49(40-16-6-2-7-17-40)35-50(56-53)44-21-12-20-43(34-44)38-26-30-39(31-27-38)45-23-13-24-47-51(45)46-22-10-11-25-48(46)54-52(47)41-18-8-3-9-19-41/h1-35H. The highest BCUT2D eigenvalue weighted by Crippen LogP contribution is 2.39. The molecule has 0 aliphatic carbocycles. The Kier molecular flexibility index (Phi) is 8.51. The Morgan fingerprint density at radius 2 is 0.750 bits per heavy atom. The minimum Gasteiger partial charge on any atom is -0.247 e. The first-order valence-corrected chi connectivity index (χ1v) is 18.9. The maximum absolute atomic E-state index is 5.16. The number of para-hydroxylation sites is 1. The molecule has 0 amide bonds. The summed E-state index contributed by atoms with van der Waals surface area (Å²) >= 11 is 0. The normalized spacial score (nSPS) is 11.2. The van der Waals surface area contributed by atoms with Gasteiger partial charge in [0.05, 0.1) is 22.6 Å². The molecule has 3 nitrogen and oxygen atoms in total. The second kappa shape index (κ2) is 14.4. The molecule has 0 bridgehead atoms. The minimum absolute atomic E-state index is 0.698. The van der Waals surface area contributed by atoms with E-state index in [9.17, 15) is 0 Å². The van der Waals surface area contributed by atoms with E-state index >= 15 is 0 Å². The Morgan fingerprint density at radius 3 is 1.46 bits per heavy atom. The Balaban J connectivity index is 1.03. The number of fused-ring (bicyclic) bond motifs is 3. The van der Waals surface area contributed by atoms with Crippen molar-refractivity contribution in [2.75, 3.05) is 0 Å². The summed E-state index contributed by atoms with van der Waals surface area (Å²) in [4.78, 5) is 15.4. The zero-order chi connectivity index (χ0) is 37.3. The van der Waals surface area contributed by atoms with E-state index in [1.54, 1.807) is 0 Å². The molecule has 0 atom stereocenters. The lowest BCUT2D eigenvalue weighted by Crippen LogP contribution is -1.96. The summed E-state index contributed by atoms with van der Waals surface area (Å²) in [7, 11) is 0. The molecule has 2 heterocycles. The number of rotatable bonds is 7. The van der Waals surface area contributed by atoms with Crippen molar-refractivity contribution in [2.24, 2.45) is 0 Å². The molecule has 0 fully saturated rings. The van der Waals surface area contributed by atoms with E-state index in [-0.39, 0.29) is 0 Å². The molecule has 0 spiro atoms. The van der Waals surface area contributed by atoms with E-state index in [0.717, 1.165) is 77.9 Å². The van der Waals surface area contributed by atoms with Gasteiger partial charge in [-0.3, -0.25) is 0 Å². The van der Waals surface area contributed by atoms with E-state index in [1.807, 2.05) is 18.2 Å². The fraction of sp³-hybridized carbons (Fsp3) is 0. The lowest BCUT2D eigenvalue weighted by Gasteiger charge is -2.14. The third-order valence-electron chi connectivity index (χ3n) is 10.5. The molecule has 0 saturated carbocycles. The molecule has 10 rings (SSSR count). The number of pyridine rings is 1. The quantitative estimate of drug-likeness (QED) is 0.154. The third kappa shape index (κ3) is 6.31. The highest BCUT2D eigenvalue weighted by molar-refractivity contribution is 6.17. The van der Waals surface area contributed by atoms with E-state index in [1.165, 1.54) is 16.5 Å². The van der Waals surface area contributed by atoms with Crippen LogP contribution in [0.3, 0.4) is 0 Å². The van der Waals surface area contributed by atoms with Crippen LogP contribution < -0.4 is 0 Å². The molecule has 262 valence electrons. The molecule has 0 radical (unpaired) electrons. The molecular weight excluding hydrogens is 679 g/mol. The van der Waals surface area contributed by atoms with Crippen LogP contribution in [0.25, 0.3) is 100 Å². The number of hydrogen-bond donors (Lipinski definition) is 0. The third-order valence-corrected chi connectivity index (χ3v) is 10.5. The second-order valence-corrected chi connectivity index (χ2v) is 14.0. The molecule has 2 aromatic heterocycles. The molecule has 0 N–H and O–H groups in total. The summed E-state index contributed by atoms with van der Waals surface area (Å²) in [6, 6.07) is 74.5. The van der Waals surface area contributed by atoms with E-state index in [4.69, 9.17) is 15.0 Å². The topological polar surface area (TPSA) is 38.7 Å². The summed E-state index contributed by atoms with van der Waals surface area (Å²) < 4.78 is 0. The molecule has 0 unspecified atom stereocenters. The number of hydrogen-bond acceptors (Lipinski definition) is 3. The van der Waals surface area contributed by atoms with E-state index in [0.29, 0.717) is 5.82 Å². The Morgan fingerprint density at radius 1 is 0.268 bits per heavy atom. The van der Waals surface area contributed by atoms with Gasteiger partial charge in [-0.1, -0.05) is 194 Å². The van der Waals surface area contributed by atoms with Gasteiger partial charge in [-0.15, -0.1) is 0 Å². The highest BCUT2D eigenvalue weighted by atomic mass is 14.9. The van der Waals surface area contributed by atoms with Gasteiger partial charge in [0.25, 0.3) is 0 Å². The number of nitrogens with zero attached hydrogens (tertiary/aromatic N) is 3. The van der Waals surface area contributed by atoms with E-state index in [2.05, 4.69) is 194 Å². The predicted octanol–water partition coefficient (Wildman–Crippen LogP) is 13.8. The van der Waals surface area contributed by atoms with Crippen molar-refractivity contribution in [2.45, 2.75) is 0 Å². The van der Waals surface area contributed by atoms with Gasteiger partial charge in [0, 0.05) is 38.4 Å². The maximum Gasteiger partial charge on any atom is 0.160 e. The Labute approximate surface area is 326 Å². The Hall–Kier alpha value is -7.49. The van der Waals surface area contributed by atoms with Crippen LogP contribution in [0.2, 0.25) is 0 Å². The summed E-state index contributed by atoms with van der Waals surface area (Å²) in [5.41, 5.74) is 14.9. The van der Waals surface area contributed by atoms with Crippen LogP contribution in [-0.4, -0.2) is 15.0 Å². The van der Waals surface area contributed by atoms with Crippen LogP contribution in [0.15, 0.2) is 212 Å². The van der Waals surface area contributed by atoms with E-state index < -0.39 is 0 Å². The zero-order valence-electron chi connectivity index (χ0n) is 30.5. The molecule has 8 aromatic carbocycles. The van der Waals surface area contributed by atoms with Crippen molar-refractivity contribution in [1.29, 1.82) is 0 Å². The fourth-order valence-corrected chi connectivity index (χ4v) is 7.68. The van der Waals surface area contributed by atoms with Gasteiger partial charge in [0.15, 0.2) is 5.82 Å². The lowest BCUT2D eigenvalue weighted by atomic mass is 9.92. The molecule has 10 aromatic rings. The summed E-state index contributed by atoms with van der Waals surface area (Å²) in [6.45, 7) is 0. The summed E-state index contributed by atoms with van der Waals surface area (Å²) in [5.74, 6) is 0.698. The first-order chi connectivity index (χ1) is 27.7. The first-order valence-electron chi connectivity index (χ1n) is 18.9. The van der Waals surface area contributed by atoms with Crippen molar-refractivity contribution >= 4 is 21.7 Å². The average molecular weight is 714 g/mol. The average Bonchev–Trinajstić information content (AvgIpc) is 3.29. The van der Waals surface area contributed by atoms with Gasteiger partial charge in [-0.05, 0) is 51.6 Å². The zero-order valence-corrected chi connectivity index (χ0v) is 30.5. The molecule has 0 aliphatic rings. The first kappa shape index (κ1) is 33.1. The van der Waals surface area contributed by atoms with Gasteiger partial charge in [0.1, 0.15) is 0 Å². The molecular formula is C53H35N3. The van der Waals surface area contributed by atoms with Crippen molar-refractivity contribution in [3.05, 3.63) is 212 Å². The number of aromatic nitrogens is 3. The van der Waals surface area contributed by atoms with Crippen LogP contribution in [0.1, 0.15) is 0 Å². The molecule has 56 heavy (non-hydrogen) atoms. The van der Waals surface area contributed by atoms with Gasteiger partial charge in [0.2, 0.25) is 0 Å². The van der Waals surface area contributed by atoms with Crippen LogP contribution in [0, 0.1) is 0 Å². The maximum atomic E-state index is 5.16. The summed E-state index contributed by atoms with van der Waals surface area (Å²) in [5, 5.41) is 3.52. The SMILES string of the molecule is c1ccc(-c2ccc(-c3nc(-c4ccccc4)cc(-c4cccc(-c5ccc(-c6cccc7c(-c8ccccc8)nc8ccccc8c67)cc5)c4)n3)cc2)cc1. The number of benzene rings is 8. The summed E-state index contributed by atoms with van der Waals surface area (Å²) in [6.07, 6.45) is 0. The van der Waals surface area contributed by atoms with Crippen LogP contribution >= 0.6 is 0 Å². The predicted molar refractivity (Wildman–Crippen MR) is 233 cm³/mol. The Bertz CT molecular complexity index is 2980. The van der Waals surface area contributed by atoms with Crippen molar-refractivity contribution in [3.63, 3.8) is 0 Å². The second-order valence-electron chi connectivity index (χ2n) is 14.0. The fourth-order valence-electron chi connectivity index (χ4n) is 7.68. The molecule has 0 aliphatic heterocycles. The van der Waals surface area contributed by atoms with Crippen molar-refractivity contribution in [1.82, 2.24) is 15.0 Å². The molecule has 0 saturated heterocycles. The lowest BCUT2D eigenvalue weighted by molar-refractivity contribution is 1.18. The van der Waals surface area contributed by atoms with Gasteiger partial charge in [-0.2, -0.15) is 0 Å². The highest BCUT2D eigenvalue weighted by Gasteiger charge is 2.15. The van der Waals surface area contributed by atoms with Gasteiger partial charge >= 0.3 is 0 Å². The van der Waals surface area contributed by atoms with Crippen molar-refractivity contribution in [3.8, 4) is 78.5 Å². The monoisotopic (exact) mass is 713 g/mol. The minimum atomic E-state index is 0.698. The largest absolute Gasteiger partial charge is 0.247 e. The van der Waals surface area contributed by atoms with Crippen molar-refractivity contribution < 1.29 is 0 Å². The molecule has 3 heteroatoms. The van der Waals surface area contributed by atoms with Crippen LogP contribution in [-0.2, 0) is 0 Å². The van der Waals surface area contributed by atoms with Gasteiger partial charge < -0.3 is 0 Å².